The van der Waals surface area contributed by atoms with Crippen molar-refractivity contribution in [2.45, 2.75) is 5.41 Å². The monoisotopic (exact) mass is 318 g/mol. The fourth-order valence-corrected chi connectivity index (χ4v) is 3.39. The molecular weight excluding hydrogens is 304 g/mol. The number of hydrogen-bond acceptors (Lipinski definition) is 4. The Labute approximate surface area is 138 Å². The summed E-state index contributed by atoms with van der Waals surface area (Å²) in [5, 5.41) is 20.2. The van der Waals surface area contributed by atoms with Crippen LogP contribution in [0.3, 0.4) is 0 Å². The average Bonchev–Trinajstić information content (AvgIpc) is 2.89. The van der Waals surface area contributed by atoms with E-state index >= 15 is 0 Å². The van der Waals surface area contributed by atoms with E-state index in [0.717, 1.165) is 0 Å². The predicted molar refractivity (Wildman–Crippen MR) is 88.2 cm³/mol. The first-order valence-electron chi connectivity index (χ1n) is 7.54. The van der Waals surface area contributed by atoms with Crippen LogP contribution in [0.4, 0.5) is 0 Å². The molecule has 4 rings (SSSR count). The van der Waals surface area contributed by atoms with Crippen LogP contribution in [0.1, 0.15) is 16.7 Å². The van der Waals surface area contributed by atoms with Crippen molar-refractivity contribution in [1.82, 2.24) is 0 Å². The normalized spacial score (nSPS) is 14.9. The second-order valence-electron chi connectivity index (χ2n) is 5.71. The van der Waals surface area contributed by atoms with E-state index in [9.17, 15) is 15.0 Å². The Morgan fingerprint density at radius 3 is 1.88 bits per heavy atom. The molecule has 3 aromatic carbocycles. The SMILES string of the molecule is O=C1Oc2cc(O)cc(O)c2C1(c1ccccc1)c1ccccc1. The fraction of sp³-hybridized carbons (Fsp3) is 0.0500. The summed E-state index contributed by atoms with van der Waals surface area (Å²) in [4.78, 5) is 13.0. The number of fused-ring (bicyclic) bond motifs is 1. The summed E-state index contributed by atoms with van der Waals surface area (Å²) in [6.07, 6.45) is 0. The second kappa shape index (κ2) is 5.13. The van der Waals surface area contributed by atoms with Crippen molar-refractivity contribution in [2.75, 3.05) is 0 Å². The van der Waals surface area contributed by atoms with Gasteiger partial charge >= 0.3 is 5.97 Å². The molecule has 3 aromatic rings. The molecule has 2 N–H and O–H groups in total. The molecule has 0 saturated heterocycles. The molecule has 4 heteroatoms. The van der Waals surface area contributed by atoms with Crippen LogP contribution < -0.4 is 4.74 Å². The number of rotatable bonds is 2. The van der Waals surface area contributed by atoms with Gasteiger partial charge in [-0.3, -0.25) is 0 Å². The summed E-state index contributed by atoms with van der Waals surface area (Å²) in [6, 6.07) is 21.0. The maximum atomic E-state index is 13.0. The van der Waals surface area contributed by atoms with Crippen LogP contribution in [-0.4, -0.2) is 16.2 Å². The molecule has 0 atom stereocenters. The van der Waals surface area contributed by atoms with Crippen LogP contribution in [0.2, 0.25) is 0 Å². The lowest BCUT2D eigenvalue weighted by Gasteiger charge is -2.27. The molecule has 24 heavy (non-hydrogen) atoms. The third kappa shape index (κ3) is 1.83. The van der Waals surface area contributed by atoms with Gasteiger partial charge in [0.25, 0.3) is 0 Å². The van der Waals surface area contributed by atoms with Gasteiger partial charge in [0.05, 0.1) is 5.56 Å². The van der Waals surface area contributed by atoms with Gasteiger partial charge in [0.1, 0.15) is 17.2 Å². The van der Waals surface area contributed by atoms with E-state index < -0.39 is 11.4 Å². The summed E-state index contributed by atoms with van der Waals surface area (Å²) in [7, 11) is 0. The molecule has 0 saturated carbocycles. The maximum absolute atomic E-state index is 13.0. The molecule has 0 bridgehead atoms. The van der Waals surface area contributed by atoms with E-state index in [2.05, 4.69) is 0 Å². The van der Waals surface area contributed by atoms with E-state index in [0.29, 0.717) is 16.7 Å². The van der Waals surface area contributed by atoms with Gasteiger partial charge in [0.2, 0.25) is 0 Å². The van der Waals surface area contributed by atoms with Crippen LogP contribution >= 0.6 is 0 Å². The Bertz CT molecular complexity index is 878. The molecule has 1 aliphatic heterocycles. The highest BCUT2D eigenvalue weighted by Gasteiger charge is 2.54. The zero-order valence-corrected chi connectivity index (χ0v) is 12.6. The highest BCUT2D eigenvalue weighted by atomic mass is 16.5. The van der Waals surface area contributed by atoms with E-state index in [1.807, 2.05) is 60.7 Å². The lowest BCUT2D eigenvalue weighted by Crippen LogP contribution is -2.36. The lowest BCUT2D eigenvalue weighted by molar-refractivity contribution is -0.135. The first kappa shape index (κ1) is 14.3. The zero-order valence-electron chi connectivity index (χ0n) is 12.6. The number of benzene rings is 3. The van der Waals surface area contributed by atoms with Crippen LogP contribution in [-0.2, 0) is 10.2 Å². The number of carbonyl (C=O) groups is 1. The van der Waals surface area contributed by atoms with Crippen molar-refractivity contribution in [3.8, 4) is 17.2 Å². The van der Waals surface area contributed by atoms with Crippen LogP contribution in [0, 0.1) is 0 Å². The molecule has 0 radical (unpaired) electrons. The van der Waals surface area contributed by atoms with E-state index in [1.165, 1.54) is 12.1 Å². The lowest BCUT2D eigenvalue weighted by atomic mass is 9.70. The van der Waals surface area contributed by atoms with Crippen molar-refractivity contribution in [3.63, 3.8) is 0 Å². The third-order valence-corrected chi connectivity index (χ3v) is 4.36. The van der Waals surface area contributed by atoms with Gasteiger partial charge in [-0.15, -0.1) is 0 Å². The van der Waals surface area contributed by atoms with Gasteiger partial charge in [0, 0.05) is 12.1 Å². The molecule has 0 fully saturated rings. The second-order valence-corrected chi connectivity index (χ2v) is 5.71. The van der Waals surface area contributed by atoms with E-state index in [1.54, 1.807) is 0 Å². The van der Waals surface area contributed by atoms with Gasteiger partial charge in [0.15, 0.2) is 5.41 Å². The minimum absolute atomic E-state index is 0.157. The molecule has 0 amide bonds. The highest BCUT2D eigenvalue weighted by Crippen LogP contribution is 2.53. The van der Waals surface area contributed by atoms with Crippen molar-refractivity contribution < 1.29 is 19.7 Å². The minimum Gasteiger partial charge on any atom is -0.508 e. The number of aromatic hydroxyl groups is 2. The topological polar surface area (TPSA) is 66.8 Å². The largest absolute Gasteiger partial charge is 0.508 e. The van der Waals surface area contributed by atoms with Gasteiger partial charge in [-0.1, -0.05) is 60.7 Å². The summed E-state index contributed by atoms with van der Waals surface area (Å²) in [5.41, 5.74) is 0.472. The third-order valence-electron chi connectivity index (χ3n) is 4.36. The minimum atomic E-state index is -1.27. The number of phenols is 2. The smallest absolute Gasteiger partial charge is 0.331 e. The van der Waals surface area contributed by atoms with E-state index in [4.69, 9.17) is 4.74 Å². The molecule has 4 nitrogen and oxygen atoms in total. The summed E-state index contributed by atoms with van der Waals surface area (Å²) < 4.78 is 5.43. The molecule has 0 spiro atoms. The van der Waals surface area contributed by atoms with E-state index in [-0.39, 0.29) is 17.2 Å². The first-order valence-corrected chi connectivity index (χ1v) is 7.54. The molecule has 0 aliphatic carbocycles. The molecule has 0 unspecified atom stereocenters. The van der Waals surface area contributed by atoms with Crippen molar-refractivity contribution in [1.29, 1.82) is 0 Å². The quantitative estimate of drug-likeness (QED) is 0.562. The first-order chi connectivity index (χ1) is 11.6. The summed E-state index contributed by atoms with van der Waals surface area (Å²) >= 11 is 0. The number of ether oxygens (including phenoxy) is 1. The molecule has 1 heterocycles. The number of esters is 1. The maximum Gasteiger partial charge on any atom is 0.331 e. The number of phenolic OH excluding ortho intramolecular Hbond substituents is 2. The standard InChI is InChI=1S/C20H14O4/c21-15-11-16(22)18-17(12-15)24-19(23)20(18,13-7-3-1-4-8-13)14-9-5-2-6-10-14/h1-12,21-22H. The van der Waals surface area contributed by atoms with Crippen LogP contribution in [0.15, 0.2) is 72.8 Å². The predicted octanol–water partition coefficient (Wildman–Crippen LogP) is 3.35. The highest BCUT2D eigenvalue weighted by molar-refractivity contribution is 5.99. The Morgan fingerprint density at radius 1 is 0.792 bits per heavy atom. The van der Waals surface area contributed by atoms with Gasteiger partial charge in [-0.05, 0) is 11.1 Å². The average molecular weight is 318 g/mol. The molecule has 0 aromatic heterocycles. The van der Waals surface area contributed by atoms with Gasteiger partial charge in [-0.25, -0.2) is 4.79 Å². The molecule has 1 aliphatic rings. The Kier molecular flexibility index (Phi) is 3.06. The van der Waals surface area contributed by atoms with Crippen molar-refractivity contribution >= 4 is 5.97 Å². The number of carbonyl (C=O) groups excluding carboxylic acids is 1. The van der Waals surface area contributed by atoms with Crippen LogP contribution in [0.5, 0.6) is 17.2 Å². The van der Waals surface area contributed by atoms with Gasteiger partial charge in [-0.2, -0.15) is 0 Å². The van der Waals surface area contributed by atoms with Gasteiger partial charge < -0.3 is 14.9 Å². The Hall–Kier alpha value is -3.27. The van der Waals surface area contributed by atoms with Crippen LogP contribution in [0.25, 0.3) is 0 Å². The zero-order chi connectivity index (χ0) is 16.7. The molecular formula is C20H14O4. The molecule has 118 valence electrons. The number of hydrogen-bond donors (Lipinski definition) is 2. The summed E-state index contributed by atoms with van der Waals surface area (Å²) in [6.45, 7) is 0. The Morgan fingerprint density at radius 2 is 1.33 bits per heavy atom. The fourth-order valence-electron chi connectivity index (χ4n) is 3.39. The summed E-state index contributed by atoms with van der Waals surface area (Å²) in [5.74, 6) is -0.666. The van der Waals surface area contributed by atoms with Crippen molar-refractivity contribution in [3.05, 3.63) is 89.5 Å². The van der Waals surface area contributed by atoms with Crippen molar-refractivity contribution in [2.24, 2.45) is 0 Å². The Balaban J connectivity index is 2.13.